The molecular weight excluding hydrogens is 148 g/mol. The first kappa shape index (κ1) is 7.21. The van der Waals surface area contributed by atoms with Gasteiger partial charge in [0.15, 0.2) is 4.80 Å². The number of amides is 1. The molecule has 1 heterocycles. The summed E-state index contributed by atoms with van der Waals surface area (Å²) in [5.41, 5.74) is 0. The number of hydrogen-bond donors (Lipinski definition) is 0. The van der Waals surface area contributed by atoms with Gasteiger partial charge in [-0.15, -0.1) is 11.3 Å². The molecule has 3 nitrogen and oxygen atoms in total. The Morgan fingerprint density at radius 3 is 2.90 bits per heavy atom. The lowest BCUT2D eigenvalue weighted by Gasteiger charge is -1.85. The third-order valence-electron chi connectivity index (χ3n) is 1.01. The second kappa shape index (κ2) is 2.79. The summed E-state index contributed by atoms with van der Waals surface area (Å²) in [6.45, 7) is 1.44. The van der Waals surface area contributed by atoms with Gasteiger partial charge in [-0.25, -0.2) is 0 Å². The monoisotopic (exact) mass is 156 g/mol. The van der Waals surface area contributed by atoms with E-state index in [1.807, 2.05) is 23.2 Å². The molecule has 54 valence electrons. The molecule has 0 saturated heterocycles. The van der Waals surface area contributed by atoms with Crippen LogP contribution in [0.5, 0.6) is 0 Å². The molecule has 0 fully saturated rings. The summed E-state index contributed by atoms with van der Waals surface area (Å²) in [4.78, 5) is 15.0. The Balaban J connectivity index is 3.15. The molecule has 0 aliphatic heterocycles. The van der Waals surface area contributed by atoms with Crippen LogP contribution in [0.2, 0.25) is 0 Å². The highest BCUT2D eigenvalue weighted by Crippen LogP contribution is 1.85. The van der Waals surface area contributed by atoms with Gasteiger partial charge in [0.1, 0.15) is 0 Å². The Labute approximate surface area is 62.7 Å². The predicted octanol–water partition coefficient (Wildman–Crippen LogP) is 0.534. The number of nitrogens with zero attached hydrogens (tertiary/aromatic N) is 2. The van der Waals surface area contributed by atoms with Crippen LogP contribution in [0.25, 0.3) is 0 Å². The second-order valence-electron chi connectivity index (χ2n) is 1.93. The first-order valence-electron chi connectivity index (χ1n) is 2.85. The van der Waals surface area contributed by atoms with Crippen LogP contribution < -0.4 is 4.80 Å². The van der Waals surface area contributed by atoms with E-state index in [1.165, 1.54) is 18.3 Å². The molecule has 0 aromatic carbocycles. The van der Waals surface area contributed by atoms with E-state index in [9.17, 15) is 4.79 Å². The molecule has 10 heavy (non-hydrogen) atoms. The quantitative estimate of drug-likeness (QED) is 0.539. The van der Waals surface area contributed by atoms with Crippen molar-refractivity contribution in [2.24, 2.45) is 12.0 Å². The molecule has 0 atom stereocenters. The van der Waals surface area contributed by atoms with Crippen LogP contribution >= 0.6 is 11.3 Å². The summed E-state index contributed by atoms with van der Waals surface area (Å²) in [6.07, 6.45) is 1.87. The minimum Gasteiger partial charge on any atom is -0.327 e. The van der Waals surface area contributed by atoms with Gasteiger partial charge in [-0.1, -0.05) is 0 Å². The van der Waals surface area contributed by atoms with Gasteiger partial charge >= 0.3 is 0 Å². The molecule has 1 rings (SSSR count). The molecule has 0 bridgehead atoms. The highest BCUT2D eigenvalue weighted by Gasteiger charge is 1.88. The Morgan fingerprint density at radius 1 is 1.80 bits per heavy atom. The first-order valence-corrected chi connectivity index (χ1v) is 3.73. The van der Waals surface area contributed by atoms with E-state index < -0.39 is 0 Å². The average molecular weight is 156 g/mol. The summed E-state index contributed by atoms with van der Waals surface area (Å²) < 4.78 is 1.81. The van der Waals surface area contributed by atoms with Gasteiger partial charge in [-0.05, 0) is 0 Å². The van der Waals surface area contributed by atoms with Crippen LogP contribution in [0.15, 0.2) is 16.6 Å². The topological polar surface area (TPSA) is 34.4 Å². The van der Waals surface area contributed by atoms with Crippen LogP contribution in [0.1, 0.15) is 6.92 Å². The zero-order valence-electron chi connectivity index (χ0n) is 5.87. The number of carbonyl (C=O) groups is 1. The van der Waals surface area contributed by atoms with Gasteiger partial charge in [0.25, 0.3) is 0 Å². The second-order valence-corrected chi connectivity index (χ2v) is 2.80. The Hall–Kier alpha value is -0.900. The highest BCUT2D eigenvalue weighted by molar-refractivity contribution is 7.07. The Kier molecular flexibility index (Phi) is 2.01. The van der Waals surface area contributed by atoms with Crippen molar-refractivity contribution < 1.29 is 4.79 Å². The van der Waals surface area contributed by atoms with Crippen molar-refractivity contribution in [3.63, 3.8) is 0 Å². The first-order chi connectivity index (χ1) is 4.70. The summed E-state index contributed by atoms with van der Waals surface area (Å²) in [6, 6.07) is 0. The molecule has 1 aromatic rings. The predicted molar refractivity (Wildman–Crippen MR) is 39.5 cm³/mol. The number of hydrogen-bond acceptors (Lipinski definition) is 2. The largest absolute Gasteiger partial charge is 0.327 e. The van der Waals surface area contributed by atoms with Crippen molar-refractivity contribution in [1.82, 2.24) is 4.57 Å². The van der Waals surface area contributed by atoms with Crippen molar-refractivity contribution >= 4 is 17.2 Å². The minimum absolute atomic E-state index is 0.155. The molecule has 1 aromatic heterocycles. The number of rotatable bonds is 0. The maximum atomic E-state index is 10.5. The van der Waals surface area contributed by atoms with Gasteiger partial charge in [0.2, 0.25) is 5.91 Å². The standard InChI is InChI=1S/C6H8N2OS/c1-5(9)7-6-8(2)3-4-10-6/h3-4H,1-2H3/b7-6-. The molecule has 0 unspecified atom stereocenters. The zero-order valence-corrected chi connectivity index (χ0v) is 6.68. The number of aryl methyl sites for hydroxylation is 1. The summed E-state index contributed by atoms with van der Waals surface area (Å²) in [5.74, 6) is -0.155. The zero-order chi connectivity index (χ0) is 7.56. The highest BCUT2D eigenvalue weighted by atomic mass is 32.1. The smallest absolute Gasteiger partial charge is 0.245 e. The van der Waals surface area contributed by atoms with Crippen molar-refractivity contribution in [2.75, 3.05) is 0 Å². The molecule has 1 amide bonds. The van der Waals surface area contributed by atoms with Crippen molar-refractivity contribution in [3.8, 4) is 0 Å². The van der Waals surface area contributed by atoms with Crippen molar-refractivity contribution in [2.45, 2.75) is 6.92 Å². The fourth-order valence-electron chi connectivity index (χ4n) is 0.569. The molecule has 0 N–H and O–H groups in total. The Morgan fingerprint density at radius 2 is 2.50 bits per heavy atom. The van der Waals surface area contributed by atoms with Crippen LogP contribution in [-0.4, -0.2) is 10.5 Å². The van der Waals surface area contributed by atoms with Gasteiger partial charge in [-0.3, -0.25) is 4.79 Å². The average Bonchev–Trinajstić information content (AvgIpc) is 2.15. The van der Waals surface area contributed by atoms with Gasteiger partial charge in [0.05, 0.1) is 0 Å². The minimum atomic E-state index is -0.155. The van der Waals surface area contributed by atoms with E-state index in [-0.39, 0.29) is 5.91 Å². The van der Waals surface area contributed by atoms with E-state index in [0.29, 0.717) is 0 Å². The van der Waals surface area contributed by atoms with Crippen LogP contribution in [0, 0.1) is 0 Å². The lowest BCUT2D eigenvalue weighted by atomic mass is 10.7. The normalized spacial score (nSPS) is 12.0. The molecular formula is C6H8N2OS. The van der Waals surface area contributed by atoms with Gasteiger partial charge in [0, 0.05) is 25.5 Å². The number of aromatic nitrogens is 1. The summed E-state index contributed by atoms with van der Waals surface area (Å²) in [7, 11) is 1.86. The van der Waals surface area contributed by atoms with Crippen LogP contribution in [-0.2, 0) is 11.8 Å². The SMILES string of the molecule is CC(=O)/N=c1\sccn1C. The van der Waals surface area contributed by atoms with Crippen LogP contribution in [0.4, 0.5) is 0 Å². The Bertz CT molecular complexity index is 297. The maximum Gasteiger partial charge on any atom is 0.245 e. The van der Waals surface area contributed by atoms with E-state index in [2.05, 4.69) is 4.99 Å². The van der Waals surface area contributed by atoms with E-state index in [0.717, 1.165) is 4.80 Å². The molecule has 0 radical (unpaired) electrons. The summed E-state index contributed by atoms with van der Waals surface area (Å²) >= 11 is 1.45. The van der Waals surface area contributed by atoms with Crippen molar-refractivity contribution in [1.29, 1.82) is 0 Å². The molecule has 0 aliphatic rings. The van der Waals surface area contributed by atoms with Crippen molar-refractivity contribution in [3.05, 3.63) is 16.4 Å². The van der Waals surface area contributed by atoms with Gasteiger partial charge < -0.3 is 4.57 Å². The molecule has 0 aliphatic carbocycles. The fraction of sp³-hybridized carbons (Fsp3) is 0.333. The third-order valence-corrected chi connectivity index (χ3v) is 1.86. The molecule has 4 heteroatoms. The number of thiazole rings is 1. The van der Waals surface area contributed by atoms with Gasteiger partial charge in [-0.2, -0.15) is 4.99 Å². The van der Waals surface area contributed by atoms with E-state index >= 15 is 0 Å². The molecule has 0 spiro atoms. The molecule has 0 saturated carbocycles. The lowest BCUT2D eigenvalue weighted by molar-refractivity contribution is -0.116. The fourth-order valence-corrected chi connectivity index (χ4v) is 1.34. The summed E-state index contributed by atoms with van der Waals surface area (Å²) in [5, 5.41) is 1.89. The van der Waals surface area contributed by atoms with E-state index in [1.54, 1.807) is 0 Å². The number of carbonyl (C=O) groups excluding carboxylic acids is 1. The third kappa shape index (κ3) is 1.54. The maximum absolute atomic E-state index is 10.5. The van der Waals surface area contributed by atoms with E-state index in [4.69, 9.17) is 0 Å². The lowest BCUT2D eigenvalue weighted by Crippen LogP contribution is -2.10. The van der Waals surface area contributed by atoms with Crippen LogP contribution in [0.3, 0.4) is 0 Å².